The zero-order valence-corrected chi connectivity index (χ0v) is 16.4. The molecule has 0 spiro atoms. The van der Waals surface area contributed by atoms with Crippen LogP contribution in [-0.2, 0) is 16.1 Å². The maximum Gasteiger partial charge on any atom is 0.340 e. The molecule has 0 saturated carbocycles. The highest BCUT2D eigenvalue weighted by molar-refractivity contribution is 6.02. The highest BCUT2D eigenvalue weighted by Crippen LogP contribution is 2.22. The number of nitrogens with one attached hydrogen (secondary N) is 1. The average molecular weight is 380 g/mol. The summed E-state index contributed by atoms with van der Waals surface area (Å²) in [6, 6.07) is 17.3. The molecule has 1 aliphatic rings. The minimum absolute atomic E-state index is 0.0376. The van der Waals surface area contributed by atoms with Crippen LogP contribution in [0, 0.1) is 5.92 Å². The molecule has 1 atom stereocenters. The van der Waals surface area contributed by atoms with Gasteiger partial charge in [-0.1, -0.05) is 55.8 Å². The first kappa shape index (κ1) is 20.1. The molecule has 2 aromatic carbocycles. The molecule has 1 saturated heterocycles. The van der Waals surface area contributed by atoms with Gasteiger partial charge in [-0.05, 0) is 37.1 Å². The van der Waals surface area contributed by atoms with Gasteiger partial charge in [-0.3, -0.25) is 9.69 Å². The van der Waals surface area contributed by atoms with Crippen molar-refractivity contribution in [2.75, 3.05) is 25.0 Å². The van der Waals surface area contributed by atoms with Gasteiger partial charge in [-0.15, -0.1) is 0 Å². The lowest BCUT2D eigenvalue weighted by Crippen LogP contribution is -2.27. The van der Waals surface area contributed by atoms with Crippen molar-refractivity contribution in [1.29, 1.82) is 0 Å². The molecule has 1 aliphatic heterocycles. The molecule has 1 heterocycles. The molecular weight excluding hydrogens is 352 g/mol. The standard InChI is InChI=1S/C23H28N2O3/c1-2-3-15-28-23(27)20-11-7-8-12-21(20)24-22(26)19-13-14-25(17-19)16-18-9-5-4-6-10-18/h4-12,19H,2-3,13-17H2,1H3,(H,24,26). The molecule has 0 aliphatic carbocycles. The summed E-state index contributed by atoms with van der Waals surface area (Å²) in [6.07, 6.45) is 2.62. The number of hydrogen-bond donors (Lipinski definition) is 1. The minimum atomic E-state index is -0.388. The van der Waals surface area contributed by atoms with Crippen molar-refractivity contribution in [3.63, 3.8) is 0 Å². The maximum absolute atomic E-state index is 12.8. The Morgan fingerprint density at radius 2 is 1.86 bits per heavy atom. The molecule has 3 rings (SSSR count). The predicted molar refractivity (Wildman–Crippen MR) is 110 cm³/mol. The van der Waals surface area contributed by atoms with Crippen LogP contribution in [0.15, 0.2) is 54.6 Å². The Labute approximate surface area is 166 Å². The van der Waals surface area contributed by atoms with Crippen molar-refractivity contribution in [3.05, 3.63) is 65.7 Å². The third-order valence-corrected chi connectivity index (χ3v) is 5.03. The van der Waals surface area contributed by atoms with E-state index in [1.807, 2.05) is 31.2 Å². The van der Waals surface area contributed by atoms with Crippen LogP contribution >= 0.6 is 0 Å². The van der Waals surface area contributed by atoms with Crippen molar-refractivity contribution in [2.24, 2.45) is 5.92 Å². The van der Waals surface area contributed by atoms with E-state index in [-0.39, 0.29) is 17.8 Å². The van der Waals surface area contributed by atoms with Gasteiger partial charge in [0.15, 0.2) is 0 Å². The summed E-state index contributed by atoms with van der Waals surface area (Å²) >= 11 is 0. The number of hydrogen-bond acceptors (Lipinski definition) is 4. The molecule has 0 radical (unpaired) electrons. The van der Waals surface area contributed by atoms with E-state index in [4.69, 9.17) is 4.74 Å². The number of para-hydroxylation sites is 1. The number of amides is 1. The summed E-state index contributed by atoms with van der Waals surface area (Å²) in [5.41, 5.74) is 2.19. The van der Waals surface area contributed by atoms with Gasteiger partial charge in [0.25, 0.3) is 0 Å². The van der Waals surface area contributed by atoms with Crippen LogP contribution in [0.4, 0.5) is 5.69 Å². The Bertz CT molecular complexity index is 791. The summed E-state index contributed by atoms with van der Waals surface area (Å²) in [6.45, 7) is 4.92. The first-order chi connectivity index (χ1) is 13.7. The molecule has 1 unspecified atom stereocenters. The summed E-state index contributed by atoms with van der Waals surface area (Å²) < 4.78 is 5.30. The average Bonchev–Trinajstić information content (AvgIpc) is 3.18. The lowest BCUT2D eigenvalue weighted by Gasteiger charge is -2.16. The highest BCUT2D eigenvalue weighted by Gasteiger charge is 2.29. The number of carbonyl (C=O) groups is 2. The van der Waals surface area contributed by atoms with E-state index < -0.39 is 0 Å². The largest absolute Gasteiger partial charge is 0.462 e. The third kappa shape index (κ3) is 5.42. The molecule has 0 aromatic heterocycles. The molecule has 0 bridgehead atoms. The fourth-order valence-corrected chi connectivity index (χ4v) is 3.42. The number of ether oxygens (including phenoxy) is 1. The van der Waals surface area contributed by atoms with Gasteiger partial charge in [-0.25, -0.2) is 4.79 Å². The fraction of sp³-hybridized carbons (Fsp3) is 0.391. The Morgan fingerprint density at radius 3 is 2.64 bits per heavy atom. The lowest BCUT2D eigenvalue weighted by atomic mass is 10.1. The van der Waals surface area contributed by atoms with Crippen LogP contribution in [0.2, 0.25) is 0 Å². The number of esters is 1. The molecule has 5 heteroatoms. The maximum atomic E-state index is 12.8. The van der Waals surface area contributed by atoms with Gasteiger partial charge in [0.1, 0.15) is 0 Å². The number of likely N-dealkylation sites (tertiary alicyclic amines) is 1. The molecule has 28 heavy (non-hydrogen) atoms. The van der Waals surface area contributed by atoms with Gasteiger partial charge in [0.05, 0.1) is 23.8 Å². The van der Waals surface area contributed by atoms with E-state index in [1.165, 1.54) is 5.56 Å². The first-order valence-electron chi connectivity index (χ1n) is 10.0. The molecule has 1 fully saturated rings. The summed E-state index contributed by atoms with van der Waals surface area (Å²) in [7, 11) is 0. The fourth-order valence-electron chi connectivity index (χ4n) is 3.42. The molecular formula is C23H28N2O3. The van der Waals surface area contributed by atoms with Crippen LogP contribution in [0.3, 0.4) is 0 Å². The number of carbonyl (C=O) groups excluding carboxylic acids is 2. The predicted octanol–water partition coefficient (Wildman–Crippen LogP) is 4.10. The second-order valence-electron chi connectivity index (χ2n) is 7.23. The zero-order valence-electron chi connectivity index (χ0n) is 16.4. The van der Waals surface area contributed by atoms with E-state index in [0.29, 0.717) is 17.9 Å². The first-order valence-corrected chi connectivity index (χ1v) is 10.0. The highest BCUT2D eigenvalue weighted by atomic mass is 16.5. The topological polar surface area (TPSA) is 58.6 Å². The summed E-state index contributed by atoms with van der Waals surface area (Å²) in [5.74, 6) is -0.501. The molecule has 148 valence electrons. The SMILES string of the molecule is CCCCOC(=O)c1ccccc1NC(=O)C1CCN(Cc2ccccc2)C1. The third-order valence-electron chi connectivity index (χ3n) is 5.03. The number of benzene rings is 2. The van der Waals surface area contributed by atoms with Gasteiger partial charge in [0.2, 0.25) is 5.91 Å². The van der Waals surface area contributed by atoms with E-state index in [2.05, 4.69) is 22.3 Å². The van der Waals surface area contributed by atoms with Gasteiger partial charge >= 0.3 is 5.97 Å². The van der Waals surface area contributed by atoms with E-state index in [0.717, 1.165) is 38.9 Å². The monoisotopic (exact) mass is 380 g/mol. The van der Waals surface area contributed by atoms with Crippen LogP contribution in [0.1, 0.15) is 42.1 Å². The summed E-state index contributed by atoms with van der Waals surface area (Å²) in [5, 5.41) is 2.94. The van der Waals surface area contributed by atoms with Crippen LogP contribution < -0.4 is 5.32 Å². The molecule has 1 N–H and O–H groups in total. The van der Waals surface area contributed by atoms with E-state index in [1.54, 1.807) is 18.2 Å². The second kappa shape index (κ2) is 10.0. The van der Waals surface area contributed by atoms with E-state index in [9.17, 15) is 9.59 Å². The van der Waals surface area contributed by atoms with Crippen molar-refractivity contribution < 1.29 is 14.3 Å². The quantitative estimate of drug-likeness (QED) is 0.553. The number of rotatable bonds is 8. The van der Waals surface area contributed by atoms with Crippen molar-refractivity contribution in [3.8, 4) is 0 Å². The smallest absolute Gasteiger partial charge is 0.340 e. The number of unbranched alkanes of at least 4 members (excludes halogenated alkanes) is 1. The Balaban J connectivity index is 1.57. The molecule has 5 nitrogen and oxygen atoms in total. The minimum Gasteiger partial charge on any atom is -0.462 e. The Kier molecular flexibility index (Phi) is 7.20. The zero-order chi connectivity index (χ0) is 19.8. The van der Waals surface area contributed by atoms with Crippen molar-refractivity contribution in [1.82, 2.24) is 4.90 Å². The molecule has 2 aromatic rings. The Morgan fingerprint density at radius 1 is 1.11 bits per heavy atom. The lowest BCUT2D eigenvalue weighted by molar-refractivity contribution is -0.119. The van der Waals surface area contributed by atoms with Gasteiger partial charge < -0.3 is 10.1 Å². The number of anilines is 1. The van der Waals surface area contributed by atoms with E-state index >= 15 is 0 Å². The van der Waals surface area contributed by atoms with Gasteiger partial charge in [-0.2, -0.15) is 0 Å². The van der Waals surface area contributed by atoms with Gasteiger partial charge in [0, 0.05) is 13.1 Å². The van der Waals surface area contributed by atoms with Crippen molar-refractivity contribution >= 4 is 17.6 Å². The second-order valence-corrected chi connectivity index (χ2v) is 7.23. The molecule has 1 amide bonds. The van der Waals surface area contributed by atoms with Crippen LogP contribution in [0.5, 0.6) is 0 Å². The van der Waals surface area contributed by atoms with Crippen LogP contribution in [0.25, 0.3) is 0 Å². The number of nitrogens with zero attached hydrogens (tertiary/aromatic N) is 1. The Hall–Kier alpha value is -2.66. The van der Waals surface area contributed by atoms with Crippen molar-refractivity contribution in [2.45, 2.75) is 32.7 Å². The normalized spacial score (nSPS) is 16.7. The van der Waals surface area contributed by atoms with Crippen LogP contribution in [-0.4, -0.2) is 36.5 Å². The summed E-state index contributed by atoms with van der Waals surface area (Å²) in [4.78, 5) is 27.4.